The number of carbonyl (C=O) groups is 1. The van der Waals surface area contributed by atoms with E-state index in [4.69, 9.17) is 10.3 Å². The topological polar surface area (TPSA) is 68.3 Å². The average Bonchev–Trinajstić information content (AvgIpc) is 2.60. The molecule has 0 aliphatic rings. The monoisotopic (exact) mass is 228 g/mol. The molecule has 0 aliphatic carbocycles. The van der Waals surface area contributed by atoms with E-state index in [0.717, 1.165) is 10.7 Å². The fourth-order valence-corrected chi connectivity index (χ4v) is 2.09. The fraction of sp³-hybridized carbons (Fsp3) is 0.500. The number of hydrogen-bond donors (Lipinski definition) is 2. The SMILES string of the molecule is Cc1occc1SCC(C)(C)C(=O)NN. The molecular formula is C10H16N2O2S. The summed E-state index contributed by atoms with van der Waals surface area (Å²) in [5.41, 5.74) is 1.69. The van der Waals surface area contributed by atoms with Crippen molar-refractivity contribution in [1.82, 2.24) is 5.43 Å². The van der Waals surface area contributed by atoms with Crippen LogP contribution in [0, 0.1) is 12.3 Å². The van der Waals surface area contributed by atoms with Gasteiger partial charge < -0.3 is 4.42 Å². The number of carbonyl (C=O) groups excluding carboxylic acids is 1. The molecule has 0 saturated heterocycles. The molecule has 1 aromatic rings. The highest BCUT2D eigenvalue weighted by molar-refractivity contribution is 7.99. The first-order chi connectivity index (χ1) is 6.97. The van der Waals surface area contributed by atoms with E-state index >= 15 is 0 Å². The van der Waals surface area contributed by atoms with Crippen molar-refractivity contribution in [2.24, 2.45) is 11.3 Å². The quantitative estimate of drug-likeness (QED) is 0.356. The van der Waals surface area contributed by atoms with Crippen molar-refractivity contribution in [1.29, 1.82) is 0 Å². The number of aryl methyl sites for hydroxylation is 1. The molecule has 84 valence electrons. The molecule has 1 rings (SSSR count). The van der Waals surface area contributed by atoms with Gasteiger partial charge in [0.2, 0.25) is 5.91 Å². The van der Waals surface area contributed by atoms with Crippen molar-refractivity contribution in [3.05, 3.63) is 18.1 Å². The predicted octanol–water partition coefficient (Wildman–Crippen LogP) is 1.70. The normalized spacial score (nSPS) is 11.5. The Morgan fingerprint density at radius 2 is 2.33 bits per heavy atom. The molecule has 0 atom stereocenters. The number of nitrogens with one attached hydrogen (secondary N) is 1. The van der Waals surface area contributed by atoms with Gasteiger partial charge in [-0.3, -0.25) is 10.2 Å². The van der Waals surface area contributed by atoms with Crippen LogP contribution in [0.4, 0.5) is 0 Å². The van der Waals surface area contributed by atoms with Crippen LogP contribution in [0.25, 0.3) is 0 Å². The molecule has 0 bridgehead atoms. The van der Waals surface area contributed by atoms with Crippen LogP contribution in [0.2, 0.25) is 0 Å². The third kappa shape index (κ3) is 3.00. The van der Waals surface area contributed by atoms with Crippen LogP contribution in [0.5, 0.6) is 0 Å². The van der Waals surface area contributed by atoms with E-state index in [1.807, 2.05) is 26.8 Å². The Balaban J connectivity index is 2.57. The van der Waals surface area contributed by atoms with Crippen LogP contribution in [0.1, 0.15) is 19.6 Å². The summed E-state index contributed by atoms with van der Waals surface area (Å²) in [7, 11) is 0. The Hall–Kier alpha value is -0.940. The molecule has 1 heterocycles. The van der Waals surface area contributed by atoms with Crippen molar-refractivity contribution in [2.75, 3.05) is 5.75 Å². The Morgan fingerprint density at radius 3 is 2.80 bits per heavy atom. The third-order valence-corrected chi connectivity index (χ3v) is 3.75. The maximum Gasteiger partial charge on any atom is 0.240 e. The van der Waals surface area contributed by atoms with Gasteiger partial charge in [0, 0.05) is 10.6 Å². The smallest absolute Gasteiger partial charge is 0.240 e. The van der Waals surface area contributed by atoms with Gasteiger partial charge in [-0.1, -0.05) is 13.8 Å². The van der Waals surface area contributed by atoms with Gasteiger partial charge in [-0.05, 0) is 13.0 Å². The van der Waals surface area contributed by atoms with E-state index < -0.39 is 5.41 Å². The van der Waals surface area contributed by atoms with Crippen molar-refractivity contribution in [2.45, 2.75) is 25.7 Å². The van der Waals surface area contributed by atoms with E-state index in [-0.39, 0.29) is 5.91 Å². The van der Waals surface area contributed by atoms with Crippen LogP contribution in [0.3, 0.4) is 0 Å². The number of thioether (sulfide) groups is 1. The first-order valence-corrected chi connectivity index (χ1v) is 5.64. The van der Waals surface area contributed by atoms with Crippen LogP contribution in [-0.4, -0.2) is 11.7 Å². The maximum absolute atomic E-state index is 11.4. The Morgan fingerprint density at radius 1 is 1.67 bits per heavy atom. The minimum Gasteiger partial charge on any atom is -0.468 e. The molecule has 0 saturated carbocycles. The van der Waals surface area contributed by atoms with E-state index in [9.17, 15) is 4.79 Å². The lowest BCUT2D eigenvalue weighted by Crippen LogP contribution is -2.42. The molecule has 0 unspecified atom stereocenters. The maximum atomic E-state index is 11.4. The van der Waals surface area contributed by atoms with E-state index in [1.165, 1.54) is 0 Å². The molecule has 5 heteroatoms. The Labute approximate surface area is 93.6 Å². The van der Waals surface area contributed by atoms with Crippen molar-refractivity contribution in [3.8, 4) is 0 Å². The van der Waals surface area contributed by atoms with Gasteiger partial charge in [0.25, 0.3) is 0 Å². The number of furan rings is 1. The largest absolute Gasteiger partial charge is 0.468 e. The second-order valence-corrected chi connectivity index (χ2v) is 5.00. The summed E-state index contributed by atoms with van der Waals surface area (Å²) < 4.78 is 5.17. The van der Waals surface area contributed by atoms with E-state index in [1.54, 1.807) is 18.0 Å². The Bertz CT molecular complexity index is 347. The van der Waals surface area contributed by atoms with Crippen molar-refractivity contribution in [3.63, 3.8) is 0 Å². The molecule has 4 nitrogen and oxygen atoms in total. The first kappa shape index (κ1) is 12.1. The molecule has 1 aromatic heterocycles. The second-order valence-electron chi connectivity index (χ2n) is 3.99. The summed E-state index contributed by atoms with van der Waals surface area (Å²) in [4.78, 5) is 12.5. The highest BCUT2D eigenvalue weighted by atomic mass is 32.2. The van der Waals surface area contributed by atoms with Gasteiger partial charge in [-0.25, -0.2) is 5.84 Å². The zero-order valence-corrected chi connectivity index (χ0v) is 9.98. The standard InChI is InChI=1S/C10H16N2O2S/c1-7-8(4-5-14-7)15-6-10(2,3)9(13)12-11/h4-5H,6,11H2,1-3H3,(H,12,13). The minimum absolute atomic E-state index is 0.156. The average molecular weight is 228 g/mol. The molecular weight excluding hydrogens is 212 g/mol. The fourth-order valence-electron chi connectivity index (χ4n) is 1.04. The molecule has 0 fully saturated rings. The first-order valence-electron chi connectivity index (χ1n) is 4.65. The zero-order valence-electron chi connectivity index (χ0n) is 9.16. The highest BCUT2D eigenvalue weighted by Crippen LogP contribution is 2.30. The van der Waals surface area contributed by atoms with Crippen LogP contribution >= 0.6 is 11.8 Å². The Kier molecular flexibility index (Phi) is 3.82. The lowest BCUT2D eigenvalue weighted by molar-refractivity contribution is -0.128. The lowest BCUT2D eigenvalue weighted by atomic mass is 9.96. The summed E-state index contributed by atoms with van der Waals surface area (Å²) >= 11 is 1.59. The molecule has 1 amide bonds. The van der Waals surface area contributed by atoms with Crippen LogP contribution in [-0.2, 0) is 4.79 Å². The summed E-state index contributed by atoms with van der Waals surface area (Å²) in [6, 6.07) is 1.90. The summed E-state index contributed by atoms with van der Waals surface area (Å²) in [5, 5.41) is 0. The van der Waals surface area contributed by atoms with Crippen LogP contribution in [0.15, 0.2) is 21.6 Å². The van der Waals surface area contributed by atoms with E-state index in [2.05, 4.69) is 5.43 Å². The van der Waals surface area contributed by atoms with Gasteiger partial charge >= 0.3 is 0 Å². The van der Waals surface area contributed by atoms with E-state index in [0.29, 0.717) is 5.75 Å². The third-order valence-electron chi connectivity index (χ3n) is 2.15. The van der Waals surface area contributed by atoms with Crippen molar-refractivity contribution < 1.29 is 9.21 Å². The predicted molar refractivity (Wildman–Crippen MR) is 60.3 cm³/mol. The number of nitrogens with two attached hydrogens (primary N) is 1. The van der Waals surface area contributed by atoms with Gasteiger partial charge in [-0.15, -0.1) is 11.8 Å². The zero-order chi connectivity index (χ0) is 11.5. The molecule has 3 N–H and O–H groups in total. The van der Waals surface area contributed by atoms with Gasteiger partial charge in [-0.2, -0.15) is 0 Å². The van der Waals surface area contributed by atoms with Gasteiger partial charge in [0.15, 0.2) is 0 Å². The van der Waals surface area contributed by atoms with Gasteiger partial charge in [0.1, 0.15) is 5.76 Å². The van der Waals surface area contributed by atoms with Crippen molar-refractivity contribution >= 4 is 17.7 Å². The number of hydrogen-bond acceptors (Lipinski definition) is 4. The summed E-state index contributed by atoms with van der Waals surface area (Å²) in [6.45, 7) is 5.62. The highest BCUT2D eigenvalue weighted by Gasteiger charge is 2.27. The molecule has 0 aliphatic heterocycles. The van der Waals surface area contributed by atoms with Crippen LogP contribution < -0.4 is 11.3 Å². The number of amides is 1. The number of hydrazine groups is 1. The lowest BCUT2D eigenvalue weighted by Gasteiger charge is -2.21. The summed E-state index contributed by atoms with van der Waals surface area (Å²) in [6.07, 6.45) is 1.65. The van der Waals surface area contributed by atoms with Gasteiger partial charge in [0.05, 0.1) is 11.7 Å². The molecule has 0 aromatic carbocycles. The molecule has 0 spiro atoms. The minimum atomic E-state index is -0.483. The summed E-state index contributed by atoms with van der Waals surface area (Å²) in [5.74, 6) is 6.50. The molecule has 15 heavy (non-hydrogen) atoms. The number of rotatable bonds is 4. The second kappa shape index (κ2) is 4.72. The molecule has 0 radical (unpaired) electrons.